The third kappa shape index (κ3) is 5.02. The van der Waals surface area contributed by atoms with Crippen molar-refractivity contribution in [2.75, 3.05) is 4.72 Å². The number of benzene rings is 1. The summed E-state index contributed by atoms with van der Waals surface area (Å²) in [4.78, 5) is 19.4. The summed E-state index contributed by atoms with van der Waals surface area (Å²) in [7, 11) is -3.83. The van der Waals surface area contributed by atoms with E-state index in [-0.39, 0.29) is 34.1 Å². The van der Waals surface area contributed by atoms with Crippen LogP contribution in [-0.4, -0.2) is 24.3 Å². The van der Waals surface area contributed by atoms with Gasteiger partial charge in [-0.2, -0.15) is 0 Å². The van der Waals surface area contributed by atoms with Gasteiger partial charge in [-0.3, -0.25) is 9.52 Å². The van der Waals surface area contributed by atoms with Crippen LogP contribution in [0.1, 0.15) is 11.8 Å². The highest BCUT2D eigenvalue weighted by molar-refractivity contribution is 7.94. The lowest BCUT2D eigenvalue weighted by Crippen LogP contribution is -2.18. The lowest BCUT2D eigenvalue weighted by Gasteiger charge is -2.07. The van der Waals surface area contributed by atoms with Crippen LogP contribution in [0, 0.1) is 5.82 Å². The molecule has 0 bridgehead atoms. The minimum atomic E-state index is -3.83. The van der Waals surface area contributed by atoms with Crippen molar-refractivity contribution in [3.05, 3.63) is 59.5 Å². The van der Waals surface area contributed by atoms with E-state index in [4.69, 9.17) is 4.74 Å². The Bertz CT molecular complexity index is 1080. The van der Waals surface area contributed by atoms with Crippen molar-refractivity contribution < 1.29 is 22.3 Å². The fourth-order valence-corrected chi connectivity index (χ4v) is 4.39. The van der Waals surface area contributed by atoms with Crippen LogP contribution in [0.5, 0.6) is 11.8 Å². The number of thiophene rings is 1. The Morgan fingerprint density at radius 2 is 1.89 bits per heavy atom. The Kier molecular flexibility index (Phi) is 5.85. The molecule has 1 aromatic carbocycles. The molecule has 0 saturated carbocycles. The van der Waals surface area contributed by atoms with Gasteiger partial charge in [0.2, 0.25) is 5.91 Å². The molecule has 0 aliphatic carbocycles. The molecule has 1 amide bonds. The standard InChI is InChI=1S/C17H15FN4O4S2/c1-11(23)19-10-13-6-7-16(27-13)28(24,25)22-12-8-20-17(21-9-12)26-15-5-3-2-4-14(15)18/h2-9,22H,10H2,1H3,(H,19,23). The number of rotatable bonds is 7. The number of amides is 1. The summed E-state index contributed by atoms with van der Waals surface area (Å²) < 4.78 is 46.1. The number of hydrogen-bond donors (Lipinski definition) is 2. The Morgan fingerprint density at radius 1 is 1.18 bits per heavy atom. The van der Waals surface area contributed by atoms with Crippen LogP contribution < -0.4 is 14.8 Å². The SMILES string of the molecule is CC(=O)NCc1ccc(S(=O)(=O)Nc2cnc(Oc3ccccc3F)nc2)s1. The van der Waals surface area contributed by atoms with Gasteiger partial charge >= 0.3 is 6.01 Å². The molecule has 0 unspecified atom stereocenters. The topological polar surface area (TPSA) is 110 Å². The Morgan fingerprint density at radius 3 is 2.57 bits per heavy atom. The smallest absolute Gasteiger partial charge is 0.322 e. The zero-order valence-corrected chi connectivity index (χ0v) is 16.2. The fraction of sp³-hybridized carbons (Fsp3) is 0.118. The molecule has 0 fully saturated rings. The minimum absolute atomic E-state index is 0.0406. The molecule has 0 spiro atoms. The van der Waals surface area contributed by atoms with Crippen LogP contribution in [0.25, 0.3) is 0 Å². The van der Waals surface area contributed by atoms with Gasteiger partial charge in [-0.25, -0.2) is 22.8 Å². The van der Waals surface area contributed by atoms with Gasteiger partial charge in [0.15, 0.2) is 11.6 Å². The number of hydrogen-bond acceptors (Lipinski definition) is 7. The van der Waals surface area contributed by atoms with Gasteiger partial charge in [0.05, 0.1) is 24.6 Å². The summed E-state index contributed by atoms with van der Waals surface area (Å²) in [5.74, 6) is -0.810. The second-order valence-electron chi connectivity index (χ2n) is 5.52. The Labute approximate surface area is 164 Å². The fourth-order valence-electron chi connectivity index (χ4n) is 2.06. The van der Waals surface area contributed by atoms with E-state index in [9.17, 15) is 17.6 Å². The van der Waals surface area contributed by atoms with E-state index in [0.29, 0.717) is 4.88 Å². The van der Waals surface area contributed by atoms with Crippen LogP contribution >= 0.6 is 11.3 Å². The second-order valence-corrected chi connectivity index (χ2v) is 8.60. The van der Waals surface area contributed by atoms with Crippen LogP contribution in [0.3, 0.4) is 0 Å². The number of carbonyl (C=O) groups is 1. The molecule has 0 saturated heterocycles. The molecule has 146 valence electrons. The number of para-hydroxylation sites is 1. The molecule has 3 rings (SSSR count). The Hall–Kier alpha value is -3.05. The maximum absolute atomic E-state index is 13.6. The molecule has 0 aliphatic heterocycles. The molecule has 0 atom stereocenters. The minimum Gasteiger partial charge on any atom is -0.421 e. The summed E-state index contributed by atoms with van der Waals surface area (Å²) >= 11 is 1.04. The van der Waals surface area contributed by atoms with E-state index < -0.39 is 15.8 Å². The first-order valence-corrected chi connectivity index (χ1v) is 10.2. The lowest BCUT2D eigenvalue weighted by atomic mass is 10.3. The lowest BCUT2D eigenvalue weighted by molar-refractivity contribution is -0.119. The van der Waals surface area contributed by atoms with E-state index in [1.54, 1.807) is 12.1 Å². The quantitative estimate of drug-likeness (QED) is 0.606. The van der Waals surface area contributed by atoms with E-state index in [1.165, 1.54) is 43.6 Å². The zero-order valence-electron chi connectivity index (χ0n) is 14.5. The summed E-state index contributed by atoms with van der Waals surface area (Å²) in [6.07, 6.45) is 2.43. The number of sulfonamides is 1. The first-order valence-electron chi connectivity index (χ1n) is 7.94. The summed E-state index contributed by atoms with van der Waals surface area (Å²) in [5.41, 5.74) is 0.123. The van der Waals surface area contributed by atoms with E-state index >= 15 is 0 Å². The highest BCUT2D eigenvalue weighted by atomic mass is 32.2. The predicted octanol–water partition coefficient (Wildman–Crippen LogP) is 2.91. The number of anilines is 1. The average Bonchev–Trinajstić information content (AvgIpc) is 3.13. The molecule has 0 aliphatic rings. The molecular weight excluding hydrogens is 407 g/mol. The maximum atomic E-state index is 13.6. The molecule has 2 aromatic heterocycles. The van der Waals surface area contributed by atoms with Crippen molar-refractivity contribution in [2.45, 2.75) is 17.7 Å². The molecule has 2 N–H and O–H groups in total. The molecule has 28 heavy (non-hydrogen) atoms. The number of ether oxygens (including phenoxy) is 1. The van der Waals surface area contributed by atoms with Gasteiger partial charge in [-0.1, -0.05) is 12.1 Å². The van der Waals surface area contributed by atoms with Gasteiger partial charge in [0.1, 0.15) is 4.21 Å². The zero-order chi connectivity index (χ0) is 20.1. The number of halogens is 1. The first-order chi connectivity index (χ1) is 13.3. The van der Waals surface area contributed by atoms with Gasteiger partial charge in [-0.05, 0) is 24.3 Å². The van der Waals surface area contributed by atoms with Crippen LogP contribution in [-0.2, 0) is 21.4 Å². The van der Waals surface area contributed by atoms with Gasteiger partial charge in [0, 0.05) is 11.8 Å². The number of carbonyl (C=O) groups excluding carboxylic acids is 1. The largest absolute Gasteiger partial charge is 0.421 e. The number of aromatic nitrogens is 2. The van der Waals surface area contributed by atoms with Crippen molar-refractivity contribution in [1.82, 2.24) is 15.3 Å². The van der Waals surface area contributed by atoms with Crippen molar-refractivity contribution in [3.8, 4) is 11.8 Å². The average molecular weight is 422 g/mol. The molecular formula is C17H15FN4O4S2. The molecule has 2 heterocycles. The molecule has 3 aromatic rings. The van der Waals surface area contributed by atoms with E-state index in [2.05, 4.69) is 20.0 Å². The summed E-state index contributed by atoms with van der Waals surface area (Å²) in [5, 5.41) is 2.60. The predicted molar refractivity (Wildman–Crippen MR) is 101 cm³/mol. The van der Waals surface area contributed by atoms with Gasteiger partial charge in [-0.15, -0.1) is 11.3 Å². The van der Waals surface area contributed by atoms with E-state index in [0.717, 1.165) is 11.3 Å². The van der Waals surface area contributed by atoms with Crippen LogP contribution in [0.15, 0.2) is 53.0 Å². The van der Waals surface area contributed by atoms with Gasteiger partial charge in [0.25, 0.3) is 10.0 Å². The highest BCUT2D eigenvalue weighted by Gasteiger charge is 2.18. The number of nitrogens with zero attached hydrogens (tertiary/aromatic N) is 2. The summed E-state index contributed by atoms with van der Waals surface area (Å²) in [6.45, 7) is 1.63. The maximum Gasteiger partial charge on any atom is 0.322 e. The monoisotopic (exact) mass is 422 g/mol. The van der Waals surface area contributed by atoms with Crippen LogP contribution in [0.2, 0.25) is 0 Å². The molecule has 0 radical (unpaired) electrons. The van der Waals surface area contributed by atoms with Crippen molar-refractivity contribution >= 4 is 33.0 Å². The van der Waals surface area contributed by atoms with Crippen molar-refractivity contribution in [3.63, 3.8) is 0 Å². The Balaban J connectivity index is 1.67. The van der Waals surface area contributed by atoms with E-state index in [1.807, 2.05) is 0 Å². The molecule has 11 heteroatoms. The van der Waals surface area contributed by atoms with Crippen molar-refractivity contribution in [1.29, 1.82) is 0 Å². The third-order valence-corrected chi connectivity index (χ3v) is 6.29. The van der Waals surface area contributed by atoms with Crippen LogP contribution in [0.4, 0.5) is 10.1 Å². The normalized spacial score (nSPS) is 11.1. The molecule has 8 nitrogen and oxygen atoms in total. The van der Waals surface area contributed by atoms with Crippen molar-refractivity contribution in [2.24, 2.45) is 0 Å². The highest BCUT2D eigenvalue weighted by Crippen LogP contribution is 2.25. The summed E-state index contributed by atoms with van der Waals surface area (Å²) in [6, 6.07) is 8.72. The third-order valence-electron chi connectivity index (χ3n) is 3.33. The van der Waals surface area contributed by atoms with Gasteiger partial charge < -0.3 is 10.1 Å². The number of nitrogens with one attached hydrogen (secondary N) is 2. The second kappa shape index (κ2) is 8.31. The first kappa shape index (κ1) is 19.7.